The number of hydrogen-bond acceptors (Lipinski definition) is 1. The summed E-state index contributed by atoms with van der Waals surface area (Å²) in [7, 11) is 0. The minimum Gasteiger partial charge on any atom is -0.327 e. The summed E-state index contributed by atoms with van der Waals surface area (Å²) in [5.41, 5.74) is 7.24. The van der Waals surface area contributed by atoms with Crippen LogP contribution < -0.4 is 5.73 Å². The smallest absolute Gasteiger partial charge is 0.123 e. The Bertz CT molecular complexity index is 298. The standard InChI is InChI=1S/C11H14FN/c1-8(13)11(6-7-11)9-2-4-10(12)5-3-9/h2-5,8H,6-7,13H2,1H3. The molecule has 2 heteroatoms. The molecule has 2 rings (SSSR count). The van der Waals surface area contributed by atoms with Crippen molar-refractivity contribution in [2.24, 2.45) is 5.73 Å². The third-order valence-electron chi connectivity index (χ3n) is 3.08. The highest BCUT2D eigenvalue weighted by molar-refractivity contribution is 5.33. The molecular weight excluding hydrogens is 165 g/mol. The monoisotopic (exact) mass is 179 g/mol. The summed E-state index contributed by atoms with van der Waals surface area (Å²) < 4.78 is 12.7. The summed E-state index contributed by atoms with van der Waals surface area (Å²) in [5.74, 6) is -0.177. The molecule has 2 N–H and O–H groups in total. The molecule has 1 atom stereocenters. The third kappa shape index (κ3) is 1.35. The molecule has 1 saturated carbocycles. The molecular formula is C11H14FN. The minimum atomic E-state index is -0.177. The number of hydrogen-bond donors (Lipinski definition) is 1. The van der Waals surface area contributed by atoms with Gasteiger partial charge in [0.2, 0.25) is 0 Å². The van der Waals surface area contributed by atoms with Crippen LogP contribution in [0, 0.1) is 5.82 Å². The van der Waals surface area contributed by atoms with Gasteiger partial charge in [-0.1, -0.05) is 12.1 Å². The van der Waals surface area contributed by atoms with Gasteiger partial charge >= 0.3 is 0 Å². The first-order valence-electron chi connectivity index (χ1n) is 4.67. The molecule has 13 heavy (non-hydrogen) atoms. The summed E-state index contributed by atoms with van der Waals surface area (Å²) in [5, 5.41) is 0. The van der Waals surface area contributed by atoms with Crippen LogP contribution in [-0.2, 0) is 5.41 Å². The first-order valence-corrected chi connectivity index (χ1v) is 4.67. The number of nitrogens with two attached hydrogens (primary N) is 1. The van der Waals surface area contributed by atoms with Crippen molar-refractivity contribution in [3.63, 3.8) is 0 Å². The second-order valence-corrected chi connectivity index (χ2v) is 3.95. The molecule has 0 spiro atoms. The van der Waals surface area contributed by atoms with Gasteiger partial charge in [0.15, 0.2) is 0 Å². The third-order valence-corrected chi connectivity index (χ3v) is 3.08. The van der Waals surface area contributed by atoms with Gasteiger partial charge in [0.1, 0.15) is 5.82 Å². The lowest BCUT2D eigenvalue weighted by Crippen LogP contribution is -2.31. The fraction of sp³-hybridized carbons (Fsp3) is 0.455. The fourth-order valence-electron chi connectivity index (χ4n) is 1.92. The highest BCUT2D eigenvalue weighted by Gasteiger charge is 2.47. The fourth-order valence-corrected chi connectivity index (χ4v) is 1.92. The second-order valence-electron chi connectivity index (χ2n) is 3.95. The van der Waals surface area contributed by atoms with Crippen molar-refractivity contribution in [1.82, 2.24) is 0 Å². The summed E-state index contributed by atoms with van der Waals surface area (Å²) in [6, 6.07) is 6.89. The van der Waals surface area contributed by atoms with E-state index in [0.29, 0.717) is 0 Å². The van der Waals surface area contributed by atoms with Crippen LogP contribution in [0.4, 0.5) is 4.39 Å². The van der Waals surface area contributed by atoms with E-state index in [2.05, 4.69) is 0 Å². The zero-order valence-electron chi connectivity index (χ0n) is 7.76. The molecule has 0 amide bonds. The van der Waals surface area contributed by atoms with Gasteiger partial charge in [-0.05, 0) is 37.5 Å². The lowest BCUT2D eigenvalue weighted by atomic mass is 9.90. The topological polar surface area (TPSA) is 26.0 Å². The Hall–Kier alpha value is -0.890. The van der Waals surface area contributed by atoms with E-state index >= 15 is 0 Å². The van der Waals surface area contributed by atoms with Crippen molar-refractivity contribution in [1.29, 1.82) is 0 Å². The normalized spacial score (nSPS) is 21.2. The van der Waals surface area contributed by atoms with Crippen LogP contribution in [0.3, 0.4) is 0 Å². The predicted octanol–water partition coefficient (Wildman–Crippen LogP) is 2.20. The molecule has 1 fully saturated rings. The molecule has 1 aromatic rings. The van der Waals surface area contributed by atoms with E-state index in [9.17, 15) is 4.39 Å². The largest absolute Gasteiger partial charge is 0.327 e. The molecule has 1 aliphatic rings. The predicted molar refractivity (Wildman–Crippen MR) is 51.0 cm³/mol. The molecule has 0 radical (unpaired) electrons. The van der Waals surface area contributed by atoms with Gasteiger partial charge in [0, 0.05) is 11.5 Å². The molecule has 1 unspecified atom stereocenters. The Balaban J connectivity index is 2.31. The maximum Gasteiger partial charge on any atom is 0.123 e. The van der Waals surface area contributed by atoms with Crippen LogP contribution in [0.25, 0.3) is 0 Å². The van der Waals surface area contributed by atoms with Crippen molar-refractivity contribution >= 4 is 0 Å². The van der Waals surface area contributed by atoms with Crippen molar-refractivity contribution in [3.8, 4) is 0 Å². The summed E-state index contributed by atoms with van der Waals surface area (Å²) >= 11 is 0. The first kappa shape index (κ1) is 8.70. The van der Waals surface area contributed by atoms with Gasteiger partial charge in [-0.25, -0.2) is 4.39 Å². The van der Waals surface area contributed by atoms with Gasteiger partial charge in [0.25, 0.3) is 0 Å². The molecule has 0 heterocycles. The van der Waals surface area contributed by atoms with Crippen LogP contribution in [0.2, 0.25) is 0 Å². The Labute approximate surface area is 77.8 Å². The molecule has 0 bridgehead atoms. The van der Waals surface area contributed by atoms with E-state index in [0.717, 1.165) is 12.8 Å². The van der Waals surface area contributed by atoms with E-state index in [4.69, 9.17) is 5.73 Å². The number of benzene rings is 1. The molecule has 0 aromatic heterocycles. The minimum absolute atomic E-state index is 0.147. The van der Waals surface area contributed by atoms with E-state index in [1.54, 1.807) is 0 Å². The molecule has 0 aliphatic heterocycles. The first-order chi connectivity index (χ1) is 6.15. The number of rotatable bonds is 2. The Kier molecular flexibility index (Phi) is 1.88. The summed E-state index contributed by atoms with van der Waals surface area (Å²) in [4.78, 5) is 0. The van der Waals surface area contributed by atoms with Crippen LogP contribution in [0.15, 0.2) is 24.3 Å². The SMILES string of the molecule is CC(N)C1(c2ccc(F)cc2)CC1. The quantitative estimate of drug-likeness (QED) is 0.740. The van der Waals surface area contributed by atoms with Gasteiger partial charge in [-0.15, -0.1) is 0 Å². The lowest BCUT2D eigenvalue weighted by molar-refractivity contribution is 0.553. The summed E-state index contributed by atoms with van der Waals surface area (Å²) in [6.07, 6.45) is 2.27. The Morgan fingerprint density at radius 3 is 2.23 bits per heavy atom. The lowest BCUT2D eigenvalue weighted by Gasteiger charge is -2.19. The average molecular weight is 179 g/mol. The zero-order chi connectivity index (χ0) is 9.47. The number of halogens is 1. The van der Waals surface area contributed by atoms with Gasteiger partial charge in [-0.3, -0.25) is 0 Å². The Morgan fingerprint density at radius 2 is 1.85 bits per heavy atom. The summed E-state index contributed by atoms with van der Waals surface area (Å²) in [6.45, 7) is 2.02. The van der Waals surface area contributed by atoms with Crippen LogP contribution in [0.1, 0.15) is 25.3 Å². The second kappa shape index (κ2) is 2.81. The maximum absolute atomic E-state index is 12.7. The average Bonchev–Trinajstić information content (AvgIpc) is 2.86. The van der Waals surface area contributed by atoms with Crippen molar-refractivity contribution < 1.29 is 4.39 Å². The zero-order valence-corrected chi connectivity index (χ0v) is 7.76. The molecule has 1 aliphatic carbocycles. The molecule has 1 aromatic carbocycles. The van der Waals surface area contributed by atoms with E-state index in [1.807, 2.05) is 19.1 Å². The van der Waals surface area contributed by atoms with Crippen LogP contribution >= 0.6 is 0 Å². The molecule has 0 saturated heterocycles. The molecule has 70 valence electrons. The van der Waals surface area contributed by atoms with E-state index in [-0.39, 0.29) is 17.3 Å². The molecule has 1 nitrogen and oxygen atoms in total. The van der Waals surface area contributed by atoms with Gasteiger partial charge in [-0.2, -0.15) is 0 Å². The van der Waals surface area contributed by atoms with E-state index < -0.39 is 0 Å². The van der Waals surface area contributed by atoms with Crippen LogP contribution in [0.5, 0.6) is 0 Å². The maximum atomic E-state index is 12.7. The van der Waals surface area contributed by atoms with E-state index in [1.165, 1.54) is 17.7 Å². The van der Waals surface area contributed by atoms with Crippen molar-refractivity contribution in [2.75, 3.05) is 0 Å². The van der Waals surface area contributed by atoms with Gasteiger partial charge in [0.05, 0.1) is 0 Å². The van der Waals surface area contributed by atoms with Crippen LogP contribution in [-0.4, -0.2) is 6.04 Å². The highest BCUT2D eigenvalue weighted by Crippen LogP contribution is 2.50. The van der Waals surface area contributed by atoms with Crippen molar-refractivity contribution in [2.45, 2.75) is 31.2 Å². The van der Waals surface area contributed by atoms with Crippen molar-refractivity contribution in [3.05, 3.63) is 35.6 Å². The highest BCUT2D eigenvalue weighted by atomic mass is 19.1. The Morgan fingerprint density at radius 1 is 1.31 bits per heavy atom. The van der Waals surface area contributed by atoms with Gasteiger partial charge < -0.3 is 5.73 Å².